The van der Waals surface area contributed by atoms with E-state index in [1.807, 2.05) is 13.8 Å². The van der Waals surface area contributed by atoms with Gasteiger partial charge >= 0.3 is 0 Å². The van der Waals surface area contributed by atoms with Gasteiger partial charge in [-0.2, -0.15) is 0 Å². The van der Waals surface area contributed by atoms with E-state index in [0.717, 1.165) is 0 Å². The second-order valence-electron chi connectivity index (χ2n) is 7.54. The number of aliphatic hydroxyl groups excluding tert-OH is 2. The molecule has 6 nitrogen and oxygen atoms in total. The Balaban J connectivity index is 2.29. The largest absolute Gasteiger partial charge is 0.493 e. The number of ether oxygens (including phenoxy) is 1. The quantitative estimate of drug-likeness (QED) is 0.569. The third kappa shape index (κ3) is 3.75. The molecule has 2 rings (SSSR count). The zero-order valence-electron chi connectivity index (χ0n) is 15.4. The van der Waals surface area contributed by atoms with Crippen molar-refractivity contribution in [3.8, 4) is 0 Å². The molecule has 0 amide bonds. The number of allylic oxidation sites excluding steroid dienone is 2. The summed E-state index contributed by atoms with van der Waals surface area (Å²) in [4.78, 5) is 12.2. The third-order valence-electron chi connectivity index (χ3n) is 5.36. The van der Waals surface area contributed by atoms with Gasteiger partial charge in [-0.3, -0.25) is 4.79 Å². The molecule has 0 saturated heterocycles. The summed E-state index contributed by atoms with van der Waals surface area (Å²) in [5.41, 5.74) is -3.02. The topological polar surface area (TPSA) is 107 Å². The SMILES string of the molecule is CC[C@@H](C)[C@@H](O)[C@](C)(O)/C=C/C1=CC2=C(Cl)C(=O)[C@@](C)(O)[C@H](O)[C@@H]2CO1. The first-order valence-electron chi connectivity index (χ1n) is 8.72. The molecule has 0 fully saturated rings. The molecule has 0 bridgehead atoms. The van der Waals surface area contributed by atoms with Crippen LogP contribution in [0.1, 0.15) is 34.1 Å². The van der Waals surface area contributed by atoms with Gasteiger partial charge in [0.15, 0.2) is 5.60 Å². The number of fused-ring (bicyclic) bond motifs is 1. The van der Waals surface area contributed by atoms with Gasteiger partial charge in [0.05, 0.1) is 17.7 Å². The fourth-order valence-corrected chi connectivity index (χ4v) is 3.58. The Bertz CT molecular complexity index is 661. The predicted octanol–water partition coefficient (Wildman–Crippen LogP) is 1.42. The first-order chi connectivity index (χ1) is 11.9. The molecule has 6 atom stereocenters. The summed E-state index contributed by atoms with van der Waals surface area (Å²) < 4.78 is 5.56. The van der Waals surface area contributed by atoms with Crippen molar-refractivity contribution < 1.29 is 30.0 Å². The summed E-state index contributed by atoms with van der Waals surface area (Å²) in [7, 11) is 0. The average Bonchev–Trinajstić information content (AvgIpc) is 2.61. The Kier molecular flexibility index (Phi) is 6.05. The number of ketones is 1. The Morgan fingerprint density at radius 3 is 2.73 bits per heavy atom. The third-order valence-corrected chi connectivity index (χ3v) is 5.75. The minimum Gasteiger partial charge on any atom is -0.493 e. The molecule has 1 heterocycles. The van der Waals surface area contributed by atoms with Crippen LogP contribution in [0.3, 0.4) is 0 Å². The number of rotatable bonds is 5. The maximum absolute atomic E-state index is 12.2. The molecule has 1 aliphatic carbocycles. The molecule has 26 heavy (non-hydrogen) atoms. The zero-order valence-corrected chi connectivity index (χ0v) is 16.2. The van der Waals surface area contributed by atoms with Crippen LogP contribution in [0.25, 0.3) is 0 Å². The number of hydrogen-bond acceptors (Lipinski definition) is 6. The fourth-order valence-electron chi connectivity index (χ4n) is 3.19. The van der Waals surface area contributed by atoms with E-state index in [2.05, 4.69) is 0 Å². The van der Waals surface area contributed by atoms with Crippen molar-refractivity contribution >= 4 is 17.4 Å². The van der Waals surface area contributed by atoms with Crippen LogP contribution in [0.15, 0.2) is 34.6 Å². The van der Waals surface area contributed by atoms with Gasteiger partial charge in [0.25, 0.3) is 0 Å². The highest BCUT2D eigenvalue weighted by Crippen LogP contribution is 2.40. The van der Waals surface area contributed by atoms with Gasteiger partial charge in [-0.1, -0.05) is 31.9 Å². The van der Waals surface area contributed by atoms with Crippen molar-refractivity contribution in [2.24, 2.45) is 11.8 Å². The highest BCUT2D eigenvalue weighted by molar-refractivity contribution is 6.44. The maximum Gasteiger partial charge on any atom is 0.208 e. The van der Waals surface area contributed by atoms with E-state index in [-0.39, 0.29) is 17.6 Å². The van der Waals surface area contributed by atoms with Crippen molar-refractivity contribution in [1.82, 2.24) is 0 Å². The fraction of sp³-hybridized carbons (Fsp3) is 0.632. The van der Waals surface area contributed by atoms with Gasteiger partial charge in [-0.15, -0.1) is 0 Å². The van der Waals surface area contributed by atoms with Crippen LogP contribution < -0.4 is 0 Å². The predicted molar refractivity (Wildman–Crippen MR) is 97.3 cm³/mol. The van der Waals surface area contributed by atoms with E-state index in [1.165, 1.54) is 32.1 Å². The molecular weight excluding hydrogens is 360 g/mol. The Morgan fingerprint density at radius 2 is 2.15 bits per heavy atom. The molecule has 0 saturated carbocycles. The molecule has 0 unspecified atom stereocenters. The molecule has 7 heteroatoms. The molecule has 1 aliphatic heterocycles. The molecule has 0 aromatic carbocycles. The normalized spacial score (nSPS) is 34.0. The molecule has 0 spiro atoms. The number of carbonyl (C=O) groups excluding carboxylic acids is 1. The second kappa shape index (κ2) is 7.44. The minimum atomic E-state index is -1.96. The lowest BCUT2D eigenvalue weighted by Gasteiger charge is -2.40. The second-order valence-corrected chi connectivity index (χ2v) is 7.92. The first kappa shape index (κ1) is 21.1. The summed E-state index contributed by atoms with van der Waals surface area (Å²) in [6, 6.07) is 0. The van der Waals surface area contributed by atoms with E-state index in [9.17, 15) is 25.2 Å². The van der Waals surface area contributed by atoms with Gasteiger partial charge in [0, 0.05) is 5.92 Å². The standard InChI is InChI=1S/C19H27ClO6/c1-5-10(2)15(21)18(3,24)7-6-11-8-12-13(9-26-11)16(22)19(4,25)17(23)14(12)20/h6-8,10,13,15-16,21-22,24-25H,5,9H2,1-4H3/b7-6+/t10-,13-,15-,16-,18-,19+/m1/s1. The Hall–Kier alpha value is -1.18. The van der Waals surface area contributed by atoms with Gasteiger partial charge in [0.1, 0.15) is 17.5 Å². The van der Waals surface area contributed by atoms with Gasteiger partial charge in [-0.05, 0) is 43.6 Å². The molecular formula is C19H27ClO6. The number of carbonyl (C=O) groups is 1. The maximum atomic E-state index is 12.2. The van der Waals surface area contributed by atoms with Crippen LogP contribution in [-0.2, 0) is 9.53 Å². The average molecular weight is 387 g/mol. The molecule has 0 radical (unpaired) electrons. The van der Waals surface area contributed by atoms with Crippen LogP contribution in [0.4, 0.5) is 0 Å². The van der Waals surface area contributed by atoms with Gasteiger partial charge < -0.3 is 25.2 Å². The minimum absolute atomic E-state index is 0.0301. The summed E-state index contributed by atoms with van der Waals surface area (Å²) in [6.45, 7) is 6.53. The van der Waals surface area contributed by atoms with Crippen molar-refractivity contribution in [3.05, 3.63) is 34.6 Å². The molecule has 4 N–H and O–H groups in total. The van der Waals surface area contributed by atoms with Crippen LogP contribution in [0.5, 0.6) is 0 Å². The van der Waals surface area contributed by atoms with Crippen LogP contribution >= 0.6 is 11.6 Å². The number of hydrogen-bond donors (Lipinski definition) is 4. The van der Waals surface area contributed by atoms with Gasteiger partial charge in [0.2, 0.25) is 5.78 Å². The lowest BCUT2D eigenvalue weighted by molar-refractivity contribution is -0.150. The van der Waals surface area contributed by atoms with Crippen molar-refractivity contribution in [2.75, 3.05) is 6.61 Å². The van der Waals surface area contributed by atoms with Crippen LogP contribution in [-0.4, -0.2) is 56.2 Å². The summed E-state index contributed by atoms with van der Waals surface area (Å²) in [5, 5.41) is 41.0. The smallest absolute Gasteiger partial charge is 0.208 e. The van der Waals surface area contributed by atoms with Crippen molar-refractivity contribution in [2.45, 2.75) is 57.5 Å². The molecule has 0 aromatic rings. The lowest BCUT2D eigenvalue weighted by Crippen LogP contribution is -2.55. The molecule has 146 valence electrons. The van der Waals surface area contributed by atoms with E-state index >= 15 is 0 Å². The number of halogens is 1. The van der Waals surface area contributed by atoms with Crippen LogP contribution in [0.2, 0.25) is 0 Å². The van der Waals surface area contributed by atoms with E-state index in [4.69, 9.17) is 16.3 Å². The Labute approximate surface area is 158 Å². The lowest BCUT2D eigenvalue weighted by atomic mass is 9.75. The van der Waals surface area contributed by atoms with Crippen molar-refractivity contribution in [3.63, 3.8) is 0 Å². The summed E-state index contributed by atoms with van der Waals surface area (Å²) >= 11 is 6.10. The van der Waals surface area contributed by atoms with E-state index in [0.29, 0.717) is 17.8 Å². The summed E-state index contributed by atoms with van der Waals surface area (Å²) in [6.07, 6.45) is 2.88. The monoisotopic (exact) mass is 386 g/mol. The number of aliphatic hydroxyl groups is 4. The first-order valence-corrected chi connectivity index (χ1v) is 9.10. The summed E-state index contributed by atoms with van der Waals surface area (Å²) in [5.74, 6) is -1.12. The zero-order chi connectivity index (χ0) is 19.9. The molecule has 2 aliphatic rings. The van der Waals surface area contributed by atoms with Crippen LogP contribution in [0, 0.1) is 11.8 Å². The van der Waals surface area contributed by atoms with E-state index in [1.54, 1.807) is 0 Å². The highest BCUT2D eigenvalue weighted by atomic mass is 35.5. The number of Topliss-reactive ketones (excluding diaryl/α,β-unsaturated/α-hetero) is 1. The highest BCUT2D eigenvalue weighted by Gasteiger charge is 2.50. The molecule has 0 aromatic heterocycles. The Morgan fingerprint density at radius 1 is 1.54 bits per heavy atom. The van der Waals surface area contributed by atoms with Gasteiger partial charge in [-0.25, -0.2) is 0 Å². The van der Waals surface area contributed by atoms with Crippen molar-refractivity contribution in [1.29, 1.82) is 0 Å². The van der Waals surface area contributed by atoms with E-state index < -0.39 is 35.1 Å².